The summed E-state index contributed by atoms with van der Waals surface area (Å²) in [6.45, 7) is 0.588. The van der Waals surface area contributed by atoms with Gasteiger partial charge in [-0.1, -0.05) is 6.07 Å². The van der Waals surface area contributed by atoms with E-state index in [9.17, 15) is 0 Å². The summed E-state index contributed by atoms with van der Waals surface area (Å²) in [7, 11) is 2.11. The predicted molar refractivity (Wildman–Crippen MR) is 65.0 cm³/mol. The third-order valence-corrected chi connectivity index (χ3v) is 3.44. The number of aryl methyl sites for hydroxylation is 1. The number of hydrogen-bond acceptors (Lipinski definition) is 2. The predicted octanol–water partition coefficient (Wildman–Crippen LogP) is 1.98. The molecule has 0 amide bonds. The molecule has 1 aromatic carbocycles. The summed E-state index contributed by atoms with van der Waals surface area (Å²) in [5, 5.41) is 0. The number of benzene rings is 1. The van der Waals surface area contributed by atoms with E-state index in [1.54, 1.807) is 0 Å². The van der Waals surface area contributed by atoms with E-state index in [1.807, 2.05) is 0 Å². The number of imidazole rings is 1. The summed E-state index contributed by atoms with van der Waals surface area (Å²) in [5.74, 6) is 2.09. The molecule has 0 spiro atoms. The van der Waals surface area contributed by atoms with Crippen molar-refractivity contribution in [1.29, 1.82) is 0 Å². The van der Waals surface area contributed by atoms with Gasteiger partial charge in [0.15, 0.2) is 0 Å². The first-order chi connectivity index (χ1) is 7.78. The molecule has 1 fully saturated rings. The maximum Gasteiger partial charge on any atom is 0.109 e. The van der Waals surface area contributed by atoms with Crippen LogP contribution in [0.3, 0.4) is 0 Å². The van der Waals surface area contributed by atoms with Crippen molar-refractivity contribution in [3.63, 3.8) is 0 Å². The van der Waals surface area contributed by atoms with Crippen molar-refractivity contribution < 1.29 is 0 Å². The fraction of sp³-hybridized carbons (Fsp3) is 0.462. The Kier molecular flexibility index (Phi) is 2.21. The summed E-state index contributed by atoms with van der Waals surface area (Å²) in [5.41, 5.74) is 9.10. The summed E-state index contributed by atoms with van der Waals surface area (Å²) >= 11 is 0. The van der Waals surface area contributed by atoms with Crippen LogP contribution in [-0.2, 0) is 20.0 Å². The Labute approximate surface area is 95.3 Å². The lowest BCUT2D eigenvalue weighted by Crippen LogP contribution is -1.98. The van der Waals surface area contributed by atoms with Gasteiger partial charge in [0.1, 0.15) is 5.82 Å². The number of fused-ring (bicyclic) bond motifs is 1. The van der Waals surface area contributed by atoms with Crippen LogP contribution in [0.4, 0.5) is 0 Å². The van der Waals surface area contributed by atoms with Crippen molar-refractivity contribution in [2.45, 2.75) is 25.8 Å². The van der Waals surface area contributed by atoms with E-state index >= 15 is 0 Å². The van der Waals surface area contributed by atoms with E-state index in [2.05, 4.69) is 29.8 Å². The molecule has 1 aromatic heterocycles. The van der Waals surface area contributed by atoms with Gasteiger partial charge in [-0.05, 0) is 36.5 Å². The molecule has 2 N–H and O–H groups in total. The maximum absolute atomic E-state index is 5.64. The molecule has 1 aliphatic rings. The second kappa shape index (κ2) is 3.59. The topological polar surface area (TPSA) is 43.8 Å². The van der Waals surface area contributed by atoms with Crippen LogP contribution in [-0.4, -0.2) is 9.55 Å². The Balaban J connectivity index is 2.05. The van der Waals surface area contributed by atoms with E-state index in [-0.39, 0.29) is 0 Å². The average molecular weight is 215 g/mol. The number of aromatic nitrogens is 2. The highest BCUT2D eigenvalue weighted by Gasteiger charge is 2.23. The zero-order valence-electron chi connectivity index (χ0n) is 9.61. The molecule has 1 saturated carbocycles. The van der Waals surface area contributed by atoms with E-state index in [0.717, 1.165) is 23.4 Å². The summed E-state index contributed by atoms with van der Waals surface area (Å²) in [4.78, 5) is 4.71. The molecule has 84 valence electrons. The molecular formula is C13H17N3. The van der Waals surface area contributed by atoms with Crippen molar-refractivity contribution in [3.05, 3.63) is 29.6 Å². The SMILES string of the molecule is Cn1c(CC2CC2)nc2cc(CN)ccc21. The molecule has 16 heavy (non-hydrogen) atoms. The first-order valence-corrected chi connectivity index (χ1v) is 5.92. The van der Waals surface area contributed by atoms with E-state index in [0.29, 0.717) is 6.54 Å². The van der Waals surface area contributed by atoms with Crippen LogP contribution in [0.1, 0.15) is 24.2 Å². The molecule has 0 atom stereocenters. The normalized spacial score (nSPS) is 15.9. The Morgan fingerprint density at radius 1 is 1.44 bits per heavy atom. The summed E-state index contributed by atoms with van der Waals surface area (Å²) in [6, 6.07) is 6.32. The van der Waals surface area contributed by atoms with Gasteiger partial charge in [0.25, 0.3) is 0 Å². The van der Waals surface area contributed by atoms with Gasteiger partial charge in [0.2, 0.25) is 0 Å². The molecule has 0 saturated heterocycles. The molecule has 3 nitrogen and oxygen atoms in total. The van der Waals surface area contributed by atoms with E-state index in [1.165, 1.54) is 24.2 Å². The van der Waals surface area contributed by atoms with Crippen LogP contribution in [0.5, 0.6) is 0 Å². The molecule has 3 rings (SSSR count). The number of nitrogens with two attached hydrogens (primary N) is 1. The Bertz CT molecular complexity index is 523. The lowest BCUT2D eigenvalue weighted by atomic mass is 10.2. The van der Waals surface area contributed by atoms with Crippen LogP contribution in [0, 0.1) is 5.92 Å². The van der Waals surface area contributed by atoms with Crippen LogP contribution in [0.15, 0.2) is 18.2 Å². The van der Waals surface area contributed by atoms with Crippen LogP contribution < -0.4 is 5.73 Å². The largest absolute Gasteiger partial charge is 0.331 e. The van der Waals surface area contributed by atoms with Crippen molar-refractivity contribution in [1.82, 2.24) is 9.55 Å². The van der Waals surface area contributed by atoms with Gasteiger partial charge < -0.3 is 10.3 Å². The van der Waals surface area contributed by atoms with Crippen molar-refractivity contribution in [3.8, 4) is 0 Å². The standard InChI is InChI=1S/C13H17N3/c1-16-12-5-4-10(8-14)6-11(12)15-13(16)7-9-2-3-9/h4-6,9H,2-3,7-8,14H2,1H3. The lowest BCUT2D eigenvalue weighted by molar-refractivity contribution is 0.727. The van der Waals surface area contributed by atoms with Crippen molar-refractivity contribution in [2.75, 3.05) is 0 Å². The molecule has 0 bridgehead atoms. The van der Waals surface area contributed by atoms with Gasteiger partial charge in [0.05, 0.1) is 11.0 Å². The molecule has 0 unspecified atom stereocenters. The minimum Gasteiger partial charge on any atom is -0.331 e. The van der Waals surface area contributed by atoms with E-state index in [4.69, 9.17) is 10.7 Å². The van der Waals surface area contributed by atoms with Crippen LogP contribution >= 0.6 is 0 Å². The lowest BCUT2D eigenvalue weighted by Gasteiger charge is -2.00. The number of rotatable bonds is 3. The van der Waals surface area contributed by atoms with Gasteiger partial charge >= 0.3 is 0 Å². The smallest absolute Gasteiger partial charge is 0.109 e. The van der Waals surface area contributed by atoms with Crippen LogP contribution in [0.25, 0.3) is 11.0 Å². The maximum atomic E-state index is 5.64. The molecule has 0 aliphatic heterocycles. The highest BCUT2D eigenvalue weighted by molar-refractivity contribution is 5.76. The molecule has 0 radical (unpaired) electrons. The van der Waals surface area contributed by atoms with Crippen molar-refractivity contribution in [2.24, 2.45) is 18.7 Å². The van der Waals surface area contributed by atoms with Gasteiger partial charge in [-0.3, -0.25) is 0 Å². The molecule has 1 aliphatic carbocycles. The van der Waals surface area contributed by atoms with Gasteiger partial charge in [0, 0.05) is 20.0 Å². The van der Waals surface area contributed by atoms with Gasteiger partial charge in [-0.25, -0.2) is 4.98 Å². The molecule has 2 aromatic rings. The number of hydrogen-bond donors (Lipinski definition) is 1. The zero-order chi connectivity index (χ0) is 11.1. The third kappa shape index (κ3) is 1.61. The third-order valence-electron chi connectivity index (χ3n) is 3.44. The highest BCUT2D eigenvalue weighted by Crippen LogP contribution is 2.32. The first-order valence-electron chi connectivity index (χ1n) is 5.92. The quantitative estimate of drug-likeness (QED) is 0.850. The highest BCUT2D eigenvalue weighted by atomic mass is 15.1. The molecule has 3 heteroatoms. The number of nitrogens with zero attached hydrogens (tertiary/aromatic N) is 2. The Morgan fingerprint density at radius 2 is 2.25 bits per heavy atom. The summed E-state index contributed by atoms with van der Waals surface area (Å²) in [6.07, 6.45) is 3.87. The molecule has 1 heterocycles. The fourth-order valence-corrected chi connectivity index (χ4v) is 2.18. The average Bonchev–Trinajstić information content (AvgIpc) is 3.05. The second-order valence-corrected chi connectivity index (χ2v) is 4.76. The fourth-order valence-electron chi connectivity index (χ4n) is 2.18. The Morgan fingerprint density at radius 3 is 2.94 bits per heavy atom. The van der Waals surface area contributed by atoms with Crippen molar-refractivity contribution >= 4 is 11.0 Å². The molecular weight excluding hydrogens is 198 g/mol. The monoisotopic (exact) mass is 215 g/mol. The summed E-state index contributed by atoms with van der Waals surface area (Å²) < 4.78 is 2.22. The van der Waals surface area contributed by atoms with Gasteiger partial charge in [-0.15, -0.1) is 0 Å². The van der Waals surface area contributed by atoms with Gasteiger partial charge in [-0.2, -0.15) is 0 Å². The first kappa shape index (κ1) is 9.85. The van der Waals surface area contributed by atoms with Crippen LogP contribution in [0.2, 0.25) is 0 Å². The zero-order valence-corrected chi connectivity index (χ0v) is 9.61. The second-order valence-electron chi connectivity index (χ2n) is 4.76. The minimum absolute atomic E-state index is 0.588. The minimum atomic E-state index is 0.588. The Hall–Kier alpha value is -1.35. The van der Waals surface area contributed by atoms with E-state index < -0.39 is 0 Å².